The van der Waals surface area contributed by atoms with Crippen LogP contribution in [0.4, 0.5) is 9.59 Å². The zero-order valence-electron chi connectivity index (χ0n) is 20.3. The number of rotatable bonds is 7. The Labute approximate surface area is 206 Å². The highest BCUT2D eigenvalue weighted by Gasteiger charge is 2.39. The van der Waals surface area contributed by atoms with Gasteiger partial charge in [-0.05, 0) is 39.3 Å². The van der Waals surface area contributed by atoms with Crippen molar-refractivity contribution in [3.8, 4) is 0 Å². The minimum atomic E-state index is -0.716. The van der Waals surface area contributed by atoms with E-state index in [0.29, 0.717) is 61.1 Å². The highest BCUT2D eigenvalue weighted by atomic mass is 35.5. The Kier molecular flexibility index (Phi) is 8.79. The Morgan fingerprint density at radius 2 is 1.94 bits per heavy atom. The summed E-state index contributed by atoms with van der Waals surface area (Å²) >= 11 is 6.46. The topological polar surface area (TPSA) is 94.2 Å². The van der Waals surface area contributed by atoms with E-state index in [9.17, 15) is 14.4 Å². The number of halogens is 1. The summed E-state index contributed by atoms with van der Waals surface area (Å²) in [5.74, 6) is -0.477. The van der Waals surface area contributed by atoms with Crippen LogP contribution < -0.4 is 10.6 Å². The monoisotopic (exact) mass is 491 g/mol. The van der Waals surface area contributed by atoms with Gasteiger partial charge in [0.1, 0.15) is 0 Å². The lowest BCUT2D eigenvalue weighted by Crippen LogP contribution is -2.58. The Hall–Kier alpha value is -2.78. The molecule has 2 N–H and O–H groups in total. The van der Waals surface area contributed by atoms with Crippen LogP contribution in [0.5, 0.6) is 0 Å². The van der Waals surface area contributed by atoms with Crippen LogP contribution >= 0.6 is 11.6 Å². The summed E-state index contributed by atoms with van der Waals surface area (Å²) in [4.78, 5) is 44.2. The molecule has 9 nitrogen and oxygen atoms in total. The number of nitrogens with one attached hydrogen (secondary N) is 2. The third kappa shape index (κ3) is 5.47. The Balaban J connectivity index is 1.98. The SMILES string of the molecule is CCNC(=O)N1CCN(CC2=C(C(=O)OCC)[C@H](c3ccccc3Cl)NC(=O)N2CC)C[C@@H]1C. The van der Waals surface area contributed by atoms with Gasteiger partial charge in [-0.2, -0.15) is 0 Å². The van der Waals surface area contributed by atoms with Crippen LogP contribution in [0.15, 0.2) is 35.5 Å². The number of ether oxygens (including phenoxy) is 1. The summed E-state index contributed by atoms with van der Waals surface area (Å²) < 4.78 is 5.42. The number of hydrogen-bond donors (Lipinski definition) is 2. The lowest BCUT2D eigenvalue weighted by atomic mass is 9.94. The van der Waals surface area contributed by atoms with Crippen molar-refractivity contribution in [3.63, 3.8) is 0 Å². The smallest absolute Gasteiger partial charge is 0.338 e. The Bertz CT molecular complexity index is 953. The first-order chi connectivity index (χ1) is 16.3. The number of hydrogen-bond acceptors (Lipinski definition) is 5. The van der Waals surface area contributed by atoms with Gasteiger partial charge in [0.2, 0.25) is 0 Å². The normalized spacial score (nSPS) is 21.4. The van der Waals surface area contributed by atoms with Gasteiger partial charge in [-0.15, -0.1) is 0 Å². The lowest BCUT2D eigenvalue weighted by Gasteiger charge is -2.42. The molecule has 34 heavy (non-hydrogen) atoms. The number of piperazine rings is 1. The molecule has 0 unspecified atom stereocenters. The number of nitrogens with zero attached hydrogens (tertiary/aromatic N) is 3. The van der Waals surface area contributed by atoms with Gasteiger partial charge >= 0.3 is 18.0 Å². The first kappa shape index (κ1) is 25.8. The molecule has 3 rings (SSSR count). The van der Waals surface area contributed by atoms with Crippen LogP contribution in [0.25, 0.3) is 0 Å². The van der Waals surface area contributed by atoms with Crippen molar-refractivity contribution >= 4 is 29.6 Å². The van der Waals surface area contributed by atoms with Gasteiger partial charge in [0.25, 0.3) is 0 Å². The molecular formula is C24H34ClN5O4. The lowest BCUT2D eigenvalue weighted by molar-refractivity contribution is -0.139. The molecule has 1 aromatic rings. The fourth-order valence-electron chi connectivity index (χ4n) is 4.54. The molecule has 2 atom stereocenters. The zero-order valence-corrected chi connectivity index (χ0v) is 21.0. The summed E-state index contributed by atoms with van der Waals surface area (Å²) in [7, 11) is 0. The first-order valence-electron chi connectivity index (χ1n) is 11.8. The van der Waals surface area contributed by atoms with Gasteiger partial charge in [-0.25, -0.2) is 14.4 Å². The summed E-state index contributed by atoms with van der Waals surface area (Å²) in [6.07, 6.45) is 0. The maximum atomic E-state index is 13.2. The molecule has 2 aliphatic heterocycles. The molecule has 2 heterocycles. The van der Waals surface area contributed by atoms with Crippen molar-refractivity contribution in [2.75, 3.05) is 45.9 Å². The van der Waals surface area contributed by atoms with Crippen LogP contribution in [-0.2, 0) is 9.53 Å². The third-order valence-corrected chi connectivity index (χ3v) is 6.48. The summed E-state index contributed by atoms with van der Waals surface area (Å²) in [6.45, 7) is 10.9. The van der Waals surface area contributed by atoms with Crippen LogP contribution in [0.1, 0.15) is 39.3 Å². The van der Waals surface area contributed by atoms with Crippen LogP contribution in [0.3, 0.4) is 0 Å². The number of urea groups is 2. The first-order valence-corrected chi connectivity index (χ1v) is 12.2. The molecule has 2 aliphatic rings. The van der Waals surface area contributed by atoms with Crippen molar-refractivity contribution < 1.29 is 19.1 Å². The van der Waals surface area contributed by atoms with Gasteiger partial charge in [-0.1, -0.05) is 29.8 Å². The fourth-order valence-corrected chi connectivity index (χ4v) is 4.79. The minimum absolute atomic E-state index is 0.0150. The van der Waals surface area contributed by atoms with Gasteiger partial charge in [0.05, 0.1) is 18.2 Å². The largest absolute Gasteiger partial charge is 0.463 e. The van der Waals surface area contributed by atoms with Crippen molar-refractivity contribution in [3.05, 3.63) is 46.1 Å². The average molecular weight is 492 g/mol. The molecule has 0 radical (unpaired) electrons. The molecule has 1 fully saturated rings. The second-order valence-electron chi connectivity index (χ2n) is 8.34. The van der Waals surface area contributed by atoms with Crippen molar-refractivity contribution in [2.24, 2.45) is 0 Å². The van der Waals surface area contributed by atoms with Crippen molar-refractivity contribution in [1.29, 1.82) is 0 Å². The molecule has 0 spiro atoms. The number of benzene rings is 1. The molecule has 0 aliphatic carbocycles. The minimum Gasteiger partial charge on any atom is -0.463 e. The standard InChI is InChI=1S/C24H34ClN5O4/c1-5-26-23(32)30-13-12-28(14-16(30)4)15-19-20(22(31)34-7-3)21(27-24(33)29(19)6-2)17-10-8-9-11-18(17)25/h8-11,16,21H,5-7,12-15H2,1-4H3,(H,26,32)(H,27,33)/t16-,21-/m0/s1. The number of esters is 1. The summed E-state index contributed by atoms with van der Waals surface area (Å²) in [6, 6.07) is 6.07. The molecule has 1 aromatic carbocycles. The van der Waals surface area contributed by atoms with E-state index in [2.05, 4.69) is 15.5 Å². The number of amides is 4. The number of likely N-dealkylation sites (N-methyl/N-ethyl adjacent to an activating group) is 1. The maximum Gasteiger partial charge on any atom is 0.338 e. The summed E-state index contributed by atoms with van der Waals surface area (Å²) in [5, 5.41) is 6.25. The molecule has 186 valence electrons. The van der Waals surface area contributed by atoms with Crippen molar-refractivity contribution in [2.45, 2.75) is 39.8 Å². The molecule has 10 heteroatoms. The summed E-state index contributed by atoms with van der Waals surface area (Å²) in [5.41, 5.74) is 1.63. The molecular weight excluding hydrogens is 458 g/mol. The average Bonchev–Trinajstić information content (AvgIpc) is 2.79. The highest BCUT2D eigenvalue weighted by molar-refractivity contribution is 6.31. The second kappa shape index (κ2) is 11.6. The van der Waals surface area contributed by atoms with Crippen LogP contribution in [0, 0.1) is 0 Å². The van der Waals surface area contributed by atoms with E-state index in [-0.39, 0.29) is 24.7 Å². The van der Waals surface area contributed by atoms with Crippen LogP contribution in [-0.4, -0.2) is 84.6 Å². The van der Waals surface area contributed by atoms with E-state index in [0.717, 1.165) is 0 Å². The highest BCUT2D eigenvalue weighted by Crippen LogP contribution is 2.35. The zero-order chi connectivity index (χ0) is 24.8. The fraction of sp³-hybridized carbons (Fsp3) is 0.542. The molecule has 1 saturated heterocycles. The van der Waals surface area contributed by atoms with E-state index in [1.165, 1.54) is 0 Å². The number of carbonyl (C=O) groups is 3. The predicted octanol–water partition coefficient (Wildman–Crippen LogP) is 2.98. The van der Waals surface area contributed by atoms with Gasteiger partial charge in [0, 0.05) is 56.0 Å². The third-order valence-electron chi connectivity index (χ3n) is 6.14. The quantitative estimate of drug-likeness (QED) is 0.572. The molecule has 0 saturated carbocycles. The number of carbonyl (C=O) groups excluding carboxylic acids is 3. The van der Waals surface area contributed by atoms with Gasteiger partial charge < -0.3 is 20.3 Å². The maximum absolute atomic E-state index is 13.2. The molecule has 0 bridgehead atoms. The second-order valence-corrected chi connectivity index (χ2v) is 8.75. The van der Waals surface area contributed by atoms with Gasteiger partial charge in [-0.3, -0.25) is 9.80 Å². The molecule has 0 aromatic heterocycles. The van der Waals surface area contributed by atoms with E-state index < -0.39 is 12.0 Å². The van der Waals surface area contributed by atoms with E-state index in [1.54, 1.807) is 30.0 Å². The van der Waals surface area contributed by atoms with Gasteiger partial charge in [0.15, 0.2) is 0 Å². The van der Waals surface area contributed by atoms with Crippen molar-refractivity contribution in [1.82, 2.24) is 25.3 Å². The Morgan fingerprint density at radius 1 is 1.21 bits per heavy atom. The predicted molar refractivity (Wildman–Crippen MR) is 130 cm³/mol. The van der Waals surface area contributed by atoms with E-state index >= 15 is 0 Å². The Morgan fingerprint density at radius 3 is 2.56 bits per heavy atom. The van der Waals surface area contributed by atoms with Crippen LogP contribution in [0.2, 0.25) is 5.02 Å². The van der Waals surface area contributed by atoms with E-state index in [1.807, 2.05) is 31.7 Å². The molecule has 4 amide bonds. The van der Waals surface area contributed by atoms with E-state index in [4.69, 9.17) is 16.3 Å².